The van der Waals surface area contributed by atoms with E-state index in [1.807, 2.05) is 29.2 Å². The smallest absolute Gasteiger partial charge is 0.375 e. The van der Waals surface area contributed by atoms with Gasteiger partial charge in [0.15, 0.2) is 0 Å². The molecular formula is C14H18BrN3O3. The number of carbonyl (C=O) groups is 1. The highest BCUT2D eigenvalue weighted by atomic mass is 79.9. The van der Waals surface area contributed by atoms with Gasteiger partial charge in [0, 0.05) is 17.6 Å². The standard InChI is InChI=1S/C14H18BrN3O3/c1-2-21-14(19)13(18-7-9-20-10-8-18)17-16-12-5-3-11(15)4-6-12/h3-6,16H,2,7-10H2,1H3/b17-13+. The van der Waals surface area contributed by atoms with Crippen molar-refractivity contribution >= 4 is 33.4 Å². The van der Waals surface area contributed by atoms with Crippen LogP contribution in [-0.4, -0.2) is 49.6 Å². The third-order valence-electron chi connectivity index (χ3n) is 2.90. The Morgan fingerprint density at radius 2 is 2.05 bits per heavy atom. The average Bonchev–Trinajstić information content (AvgIpc) is 2.51. The number of nitrogens with one attached hydrogen (secondary N) is 1. The second-order valence-electron chi connectivity index (χ2n) is 4.37. The van der Waals surface area contributed by atoms with E-state index in [1.165, 1.54) is 0 Å². The van der Waals surface area contributed by atoms with E-state index < -0.39 is 5.97 Å². The van der Waals surface area contributed by atoms with Crippen LogP contribution in [0.2, 0.25) is 0 Å². The zero-order valence-corrected chi connectivity index (χ0v) is 13.4. The van der Waals surface area contributed by atoms with Gasteiger partial charge in [-0.05, 0) is 31.2 Å². The number of nitrogens with zero attached hydrogens (tertiary/aromatic N) is 2. The summed E-state index contributed by atoms with van der Waals surface area (Å²) in [7, 11) is 0. The summed E-state index contributed by atoms with van der Waals surface area (Å²) >= 11 is 3.37. The number of hydrazone groups is 1. The molecule has 1 heterocycles. The molecule has 1 aliphatic heterocycles. The molecule has 0 unspecified atom stereocenters. The maximum Gasteiger partial charge on any atom is 0.375 e. The Morgan fingerprint density at radius 3 is 2.67 bits per heavy atom. The fraction of sp³-hybridized carbons (Fsp3) is 0.429. The number of esters is 1. The molecule has 0 spiro atoms. The largest absolute Gasteiger partial charge is 0.460 e. The van der Waals surface area contributed by atoms with Crippen LogP contribution >= 0.6 is 15.9 Å². The van der Waals surface area contributed by atoms with Gasteiger partial charge in [-0.15, -0.1) is 5.10 Å². The fourth-order valence-electron chi connectivity index (χ4n) is 1.86. The monoisotopic (exact) mass is 355 g/mol. The lowest BCUT2D eigenvalue weighted by atomic mass is 10.3. The second-order valence-corrected chi connectivity index (χ2v) is 5.29. The number of rotatable bonds is 3. The SMILES string of the molecule is CCOC(=O)/C(=N\Nc1ccc(Br)cc1)N1CCOCC1. The Morgan fingerprint density at radius 1 is 1.38 bits per heavy atom. The van der Waals surface area contributed by atoms with Crippen molar-refractivity contribution in [3.05, 3.63) is 28.7 Å². The van der Waals surface area contributed by atoms with E-state index in [9.17, 15) is 4.79 Å². The average molecular weight is 356 g/mol. The molecule has 7 heteroatoms. The summed E-state index contributed by atoms with van der Waals surface area (Å²) in [6, 6.07) is 7.54. The maximum atomic E-state index is 12.0. The van der Waals surface area contributed by atoms with Gasteiger partial charge in [-0.2, -0.15) is 0 Å². The zero-order valence-electron chi connectivity index (χ0n) is 11.8. The molecule has 21 heavy (non-hydrogen) atoms. The third kappa shape index (κ3) is 4.71. The van der Waals surface area contributed by atoms with Crippen LogP contribution in [0, 0.1) is 0 Å². The molecule has 1 fully saturated rings. The number of carbonyl (C=O) groups excluding carboxylic acids is 1. The Labute approximate surface area is 132 Å². The molecule has 0 amide bonds. The lowest BCUT2D eigenvalue weighted by molar-refractivity contribution is -0.136. The Kier molecular flexibility index (Phi) is 6.01. The lowest BCUT2D eigenvalue weighted by Crippen LogP contribution is -2.45. The minimum atomic E-state index is -0.427. The highest BCUT2D eigenvalue weighted by Gasteiger charge is 2.23. The summed E-state index contributed by atoms with van der Waals surface area (Å²) in [4.78, 5) is 13.9. The molecule has 0 atom stereocenters. The molecule has 6 nitrogen and oxygen atoms in total. The fourth-order valence-corrected chi connectivity index (χ4v) is 2.12. The first kappa shape index (κ1) is 15.8. The molecule has 1 aromatic rings. The van der Waals surface area contributed by atoms with Gasteiger partial charge in [0.25, 0.3) is 0 Å². The minimum Gasteiger partial charge on any atom is -0.460 e. The van der Waals surface area contributed by atoms with Crippen LogP contribution < -0.4 is 5.43 Å². The van der Waals surface area contributed by atoms with Crippen LogP contribution in [0.4, 0.5) is 5.69 Å². The van der Waals surface area contributed by atoms with Crippen LogP contribution in [-0.2, 0) is 14.3 Å². The van der Waals surface area contributed by atoms with Crippen molar-refractivity contribution in [2.24, 2.45) is 5.10 Å². The third-order valence-corrected chi connectivity index (χ3v) is 3.43. The lowest BCUT2D eigenvalue weighted by Gasteiger charge is -2.28. The molecule has 0 saturated carbocycles. The number of hydrogen-bond acceptors (Lipinski definition) is 5. The number of amidine groups is 1. The molecule has 114 valence electrons. The van der Waals surface area contributed by atoms with Crippen molar-refractivity contribution in [2.75, 3.05) is 38.3 Å². The number of ether oxygens (including phenoxy) is 2. The summed E-state index contributed by atoms with van der Waals surface area (Å²) in [6.07, 6.45) is 0. The quantitative estimate of drug-likeness (QED) is 0.389. The number of hydrogen-bond donors (Lipinski definition) is 1. The highest BCUT2D eigenvalue weighted by molar-refractivity contribution is 9.10. The number of benzene rings is 1. The Bertz CT molecular complexity index is 499. The van der Waals surface area contributed by atoms with Crippen molar-refractivity contribution in [3.8, 4) is 0 Å². The van der Waals surface area contributed by atoms with Gasteiger partial charge >= 0.3 is 5.97 Å². The number of halogens is 1. The maximum absolute atomic E-state index is 12.0. The molecule has 0 radical (unpaired) electrons. The van der Waals surface area contributed by atoms with Gasteiger partial charge in [0.05, 0.1) is 25.5 Å². The van der Waals surface area contributed by atoms with E-state index in [4.69, 9.17) is 9.47 Å². The van der Waals surface area contributed by atoms with E-state index in [1.54, 1.807) is 6.92 Å². The first-order valence-corrected chi connectivity index (χ1v) is 7.59. The van der Waals surface area contributed by atoms with Crippen LogP contribution in [0.15, 0.2) is 33.8 Å². The highest BCUT2D eigenvalue weighted by Crippen LogP contribution is 2.14. The van der Waals surface area contributed by atoms with Crippen LogP contribution in [0.25, 0.3) is 0 Å². The molecule has 1 N–H and O–H groups in total. The van der Waals surface area contributed by atoms with E-state index in [0.29, 0.717) is 32.9 Å². The van der Waals surface area contributed by atoms with Gasteiger partial charge in [-0.1, -0.05) is 15.9 Å². The summed E-state index contributed by atoms with van der Waals surface area (Å²) in [5.74, 6) is -0.146. The van der Waals surface area contributed by atoms with Crippen LogP contribution in [0.3, 0.4) is 0 Å². The van der Waals surface area contributed by atoms with Crippen molar-refractivity contribution in [1.82, 2.24) is 4.90 Å². The van der Waals surface area contributed by atoms with Crippen molar-refractivity contribution in [1.29, 1.82) is 0 Å². The minimum absolute atomic E-state index is 0.281. The summed E-state index contributed by atoms with van der Waals surface area (Å²) in [5, 5.41) is 4.21. The zero-order chi connectivity index (χ0) is 15.1. The predicted octanol–water partition coefficient (Wildman–Crippen LogP) is 2.07. The van der Waals surface area contributed by atoms with Gasteiger partial charge in [0.2, 0.25) is 5.84 Å². The normalized spacial score (nSPS) is 15.7. The van der Waals surface area contributed by atoms with Gasteiger partial charge < -0.3 is 14.4 Å². The molecule has 0 aliphatic carbocycles. The predicted molar refractivity (Wildman–Crippen MR) is 84.2 cm³/mol. The van der Waals surface area contributed by atoms with Crippen molar-refractivity contribution in [3.63, 3.8) is 0 Å². The van der Waals surface area contributed by atoms with E-state index >= 15 is 0 Å². The first-order valence-electron chi connectivity index (χ1n) is 6.80. The van der Waals surface area contributed by atoms with Crippen LogP contribution in [0.1, 0.15) is 6.92 Å². The van der Waals surface area contributed by atoms with E-state index in [0.717, 1.165) is 10.2 Å². The van der Waals surface area contributed by atoms with E-state index in [-0.39, 0.29) is 5.84 Å². The summed E-state index contributed by atoms with van der Waals surface area (Å²) in [6.45, 7) is 4.50. The van der Waals surface area contributed by atoms with Gasteiger partial charge in [-0.3, -0.25) is 5.43 Å². The Balaban J connectivity index is 2.11. The van der Waals surface area contributed by atoms with E-state index in [2.05, 4.69) is 26.5 Å². The topological polar surface area (TPSA) is 63.2 Å². The van der Waals surface area contributed by atoms with Gasteiger partial charge in [-0.25, -0.2) is 4.79 Å². The first-order chi connectivity index (χ1) is 10.2. The molecule has 1 aromatic carbocycles. The second kappa shape index (κ2) is 7.99. The van der Waals surface area contributed by atoms with Crippen molar-refractivity contribution in [2.45, 2.75) is 6.92 Å². The molecule has 2 rings (SSSR count). The molecule has 1 saturated heterocycles. The molecule has 1 aliphatic rings. The molecular weight excluding hydrogens is 338 g/mol. The molecule has 0 aromatic heterocycles. The number of anilines is 1. The molecule has 0 bridgehead atoms. The summed E-state index contributed by atoms with van der Waals surface area (Å²) in [5.41, 5.74) is 3.69. The van der Waals surface area contributed by atoms with Gasteiger partial charge in [0.1, 0.15) is 0 Å². The number of morpholine rings is 1. The van der Waals surface area contributed by atoms with Crippen LogP contribution in [0.5, 0.6) is 0 Å². The Hall–Kier alpha value is -1.60. The van der Waals surface area contributed by atoms with Crippen molar-refractivity contribution < 1.29 is 14.3 Å². The summed E-state index contributed by atoms with van der Waals surface area (Å²) < 4.78 is 11.3.